The summed E-state index contributed by atoms with van der Waals surface area (Å²) >= 11 is 0. The molecule has 0 unspecified atom stereocenters. The highest BCUT2D eigenvalue weighted by Gasteiger charge is 2.26. The van der Waals surface area contributed by atoms with E-state index in [1.807, 2.05) is 31.2 Å². The summed E-state index contributed by atoms with van der Waals surface area (Å²) in [5.74, 6) is 0.987. The van der Waals surface area contributed by atoms with Crippen LogP contribution in [-0.4, -0.2) is 59.4 Å². The smallest absolute Gasteiger partial charge is 0.455 e. The van der Waals surface area contributed by atoms with Crippen LogP contribution in [-0.2, 0) is 4.65 Å². The summed E-state index contributed by atoms with van der Waals surface area (Å²) in [6, 6.07) is 7.66. The van der Waals surface area contributed by atoms with Crippen molar-refractivity contribution in [1.29, 1.82) is 0 Å². The topological polar surface area (TPSA) is 101 Å². The molecule has 32 heavy (non-hydrogen) atoms. The van der Waals surface area contributed by atoms with Gasteiger partial charge in [-0.05, 0) is 69.3 Å². The van der Waals surface area contributed by atoms with E-state index >= 15 is 0 Å². The van der Waals surface area contributed by atoms with Crippen molar-refractivity contribution in [1.82, 2.24) is 4.98 Å². The Morgan fingerprint density at radius 2 is 1.88 bits per heavy atom. The van der Waals surface area contributed by atoms with Gasteiger partial charge < -0.3 is 29.4 Å². The van der Waals surface area contributed by atoms with E-state index in [1.54, 1.807) is 40.3 Å². The van der Waals surface area contributed by atoms with E-state index in [-0.39, 0.29) is 24.9 Å². The lowest BCUT2D eigenvalue weighted by Gasteiger charge is -2.25. The number of methoxy groups -OCH3 is 1. The first-order valence-electron chi connectivity index (χ1n) is 11.1. The summed E-state index contributed by atoms with van der Waals surface area (Å²) in [5, 5.41) is 30.2. The maximum absolute atomic E-state index is 10.4. The van der Waals surface area contributed by atoms with Gasteiger partial charge in [0.1, 0.15) is 0 Å². The molecule has 1 heterocycles. The van der Waals surface area contributed by atoms with Crippen molar-refractivity contribution in [2.75, 3.05) is 20.3 Å². The van der Waals surface area contributed by atoms with Crippen molar-refractivity contribution in [3.63, 3.8) is 0 Å². The molecule has 3 N–H and O–H groups in total. The summed E-state index contributed by atoms with van der Waals surface area (Å²) in [6.07, 6.45) is 4.61. The Morgan fingerprint density at radius 3 is 2.50 bits per heavy atom. The monoisotopic (exact) mass is 445 g/mol. The number of nitrogens with zero attached hydrogens (tertiary/aromatic N) is 1. The van der Waals surface area contributed by atoms with Crippen LogP contribution in [0.1, 0.15) is 52.0 Å². The van der Waals surface area contributed by atoms with E-state index in [0.29, 0.717) is 24.5 Å². The zero-order valence-corrected chi connectivity index (χ0v) is 19.7. The number of ether oxygens (including phenoxy) is 2. The summed E-state index contributed by atoms with van der Waals surface area (Å²) < 4.78 is 16.8. The first-order valence-corrected chi connectivity index (χ1v) is 11.1. The van der Waals surface area contributed by atoms with Gasteiger partial charge in [0, 0.05) is 36.6 Å². The van der Waals surface area contributed by atoms with Crippen LogP contribution in [0.2, 0.25) is 6.32 Å². The Balaban J connectivity index is 2.16. The average Bonchev–Trinajstić information content (AvgIpc) is 2.74. The largest absolute Gasteiger partial charge is 0.493 e. The molecule has 176 valence electrons. The van der Waals surface area contributed by atoms with Gasteiger partial charge in [-0.15, -0.1) is 0 Å². The number of pyridine rings is 1. The number of benzene rings is 1. The predicted molar refractivity (Wildman–Crippen MR) is 126 cm³/mol. The van der Waals surface area contributed by atoms with E-state index in [1.165, 1.54) is 0 Å². The first kappa shape index (κ1) is 26.1. The maximum Gasteiger partial charge on any atom is 0.455 e. The van der Waals surface area contributed by atoms with Gasteiger partial charge in [0.15, 0.2) is 11.5 Å². The number of rotatable bonds is 13. The molecule has 0 aliphatic heterocycles. The van der Waals surface area contributed by atoms with Crippen molar-refractivity contribution in [3.05, 3.63) is 42.2 Å². The molecule has 0 aliphatic carbocycles. The fraction of sp³-hybridized carbons (Fsp3) is 0.542. The van der Waals surface area contributed by atoms with E-state index in [9.17, 15) is 15.2 Å². The van der Waals surface area contributed by atoms with Crippen LogP contribution in [0.3, 0.4) is 0 Å². The molecule has 0 spiro atoms. The molecular formula is C24H36BNO6. The second-order valence-electron chi connectivity index (χ2n) is 8.75. The SMILES string of the molecule is CCCOc1cc(-c2cncc([C@@H](CO)CB(O)O[C@@H](C)CC(C)(C)O)c2)ccc1OC. The van der Waals surface area contributed by atoms with Crippen molar-refractivity contribution < 1.29 is 29.4 Å². The van der Waals surface area contributed by atoms with Gasteiger partial charge in [0.2, 0.25) is 0 Å². The van der Waals surface area contributed by atoms with Gasteiger partial charge in [-0.2, -0.15) is 0 Å². The molecule has 0 bridgehead atoms. The van der Waals surface area contributed by atoms with Crippen LogP contribution < -0.4 is 9.47 Å². The first-order chi connectivity index (χ1) is 15.2. The van der Waals surface area contributed by atoms with Crippen LogP contribution in [0.4, 0.5) is 0 Å². The molecule has 0 aliphatic rings. The minimum absolute atomic E-state index is 0.154. The third-order valence-corrected chi connectivity index (χ3v) is 5.07. The summed E-state index contributed by atoms with van der Waals surface area (Å²) in [5.41, 5.74) is 1.70. The lowest BCUT2D eigenvalue weighted by Crippen LogP contribution is -2.32. The molecule has 8 heteroatoms. The molecule has 1 aromatic heterocycles. The second kappa shape index (κ2) is 12.2. The highest BCUT2D eigenvalue weighted by molar-refractivity contribution is 6.43. The number of aromatic nitrogens is 1. The Labute approximate surface area is 191 Å². The van der Waals surface area contributed by atoms with E-state index in [2.05, 4.69) is 4.98 Å². The summed E-state index contributed by atoms with van der Waals surface area (Å²) in [7, 11) is 0.542. The fourth-order valence-electron chi connectivity index (χ4n) is 3.65. The van der Waals surface area contributed by atoms with Crippen LogP contribution in [0, 0.1) is 0 Å². The quantitative estimate of drug-likeness (QED) is 0.405. The zero-order valence-electron chi connectivity index (χ0n) is 19.7. The number of hydrogen-bond acceptors (Lipinski definition) is 7. The van der Waals surface area contributed by atoms with E-state index < -0.39 is 12.7 Å². The van der Waals surface area contributed by atoms with Crippen molar-refractivity contribution in [2.45, 2.75) is 64.5 Å². The van der Waals surface area contributed by atoms with Crippen LogP contribution in [0.15, 0.2) is 36.7 Å². The van der Waals surface area contributed by atoms with Gasteiger partial charge in [0.25, 0.3) is 0 Å². The fourth-order valence-corrected chi connectivity index (χ4v) is 3.65. The van der Waals surface area contributed by atoms with Crippen molar-refractivity contribution in [3.8, 4) is 22.6 Å². The molecule has 0 amide bonds. The molecule has 2 aromatic rings. The van der Waals surface area contributed by atoms with E-state index in [4.69, 9.17) is 14.1 Å². The molecule has 2 rings (SSSR count). The standard InChI is InChI=1S/C24H36BNO6/c1-6-9-31-23-11-18(7-8-22(23)30-5)19-10-20(15-26-14-19)21(16-27)13-25(29)32-17(2)12-24(3,4)28/h7-8,10-11,14-15,17,21,27-29H,6,9,12-13,16H2,1-5H3/t17-,21+/m0/s1. The van der Waals surface area contributed by atoms with Crippen molar-refractivity contribution in [2.24, 2.45) is 0 Å². The van der Waals surface area contributed by atoms with Crippen molar-refractivity contribution >= 4 is 7.12 Å². The lowest BCUT2D eigenvalue weighted by molar-refractivity contribution is 0.0263. The Kier molecular flexibility index (Phi) is 9.97. The summed E-state index contributed by atoms with van der Waals surface area (Å²) in [6.45, 7) is 7.69. The highest BCUT2D eigenvalue weighted by atomic mass is 16.5. The molecule has 2 atom stereocenters. The zero-order chi connectivity index (χ0) is 23.7. The molecule has 7 nitrogen and oxygen atoms in total. The Bertz CT molecular complexity index is 841. The van der Waals surface area contributed by atoms with E-state index in [0.717, 1.165) is 23.1 Å². The van der Waals surface area contributed by atoms with Gasteiger partial charge >= 0.3 is 7.12 Å². The highest BCUT2D eigenvalue weighted by Crippen LogP contribution is 2.34. The molecule has 0 saturated heterocycles. The molecule has 1 aromatic carbocycles. The Hall–Kier alpha value is -2.13. The van der Waals surface area contributed by atoms with Gasteiger partial charge in [0.05, 0.1) is 19.3 Å². The van der Waals surface area contributed by atoms with Crippen LogP contribution in [0.5, 0.6) is 11.5 Å². The second-order valence-corrected chi connectivity index (χ2v) is 8.75. The molecule has 0 radical (unpaired) electrons. The normalized spacial score (nSPS) is 13.5. The van der Waals surface area contributed by atoms with Crippen LogP contribution in [0.25, 0.3) is 11.1 Å². The lowest BCUT2D eigenvalue weighted by atomic mass is 9.75. The molecular weight excluding hydrogens is 409 g/mol. The maximum atomic E-state index is 10.4. The summed E-state index contributed by atoms with van der Waals surface area (Å²) in [4.78, 5) is 4.34. The average molecular weight is 445 g/mol. The van der Waals surface area contributed by atoms with Gasteiger partial charge in [-0.1, -0.05) is 13.0 Å². The molecule has 0 saturated carbocycles. The van der Waals surface area contributed by atoms with Gasteiger partial charge in [-0.3, -0.25) is 4.98 Å². The number of hydrogen-bond donors (Lipinski definition) is 3. The minimum atomic E-state index is -1.07. The Morgan fingerprint density at radius 1 is 1.12 bits per heavy atom. The number of aliphatic hydroxyl groups is 2. The van der Waals surface area contributed by atoms with Crippen LogP contribution >= 0.6 is 0 Å². The predicted octanol–water partition coefficient (Wildman–Crippen LogP) is 3.67. The third kappa shape index (κ3) is 8.09. The molecule has 0 fully saturated rings. The third-order valence-electron chi connectivity index (χ3n) is 5.07. The van der Waals surface area contributed by atoms with Gasteiger partial charge in [-0.25, -0.2) is 0 Å². The minimum Gasteiger partial charge on any atom is -0.493 e. The number of aliphatic hydroxyl groups excluding tert-OH is 1.